The summed E-state index contributed by atoms with van der Waals surface area (Å²) in [6.45, 7) is 3.56. The van der Waals surface area contributed by atoms with Gasteiger partial charge in [-0.2, -0.15) is 0 Å². The van der Waals surface area contributed by atoms with E-state index in [4.69, 9.17) is 4.74 Å². The number of ether oxygens (including phenoxy) is 1. The minimum atomic E-state index is -0.497. The molecule has 0 fully saturated rings. The summed E-state index contributed by atoms with van der Waals surface area (Å²) in [6, 6.07) is 7.68. The molecule has 2 aromatic rings. The van der Waals surface area contributed by atoms with Crippen LogP contribution in [0.1, 0.15) is 28.5 Å². The number of likely N-dealkylation sites (N-methyl/N-ethyl adjacent to an activating group) is 1. The Balaban J connectivity index is 2.39. The van der Waals surface area contributed by atoms with Gasteiger partial charge in [-0.1, -0.05) is 25.1 Å². The van der Waals surface area contributed by atoms with Gasteiger partial charge in [-0.3, -0.25) is 9.78 Å². The number of aromatic nitrogens is 1. The zero-order valence-corrected chi connectivity index (χ0v) is 13.3. The van der Waals surface area contributed by atoms with Crippen LogP contribution in [0.15, 0.2) is 24.3 Å². The summed E-state index contributed by atoms with van der Waals surface area (Å²) in [5, 5.41) is 0.922. The number of hydrogen-bond donors (Lipinski definition) is 0. The van der Waals surface area contributed by atoms with Crippen LogP contribution in [0.5, 0.6) is 0 Å². The van der Waals surface area contributed by atoms with Gasteiger partial charge in [-0.05, 0) is 25.0 Å². The molecule has 0 unspecified atom stereocenters. The van der Waals surface area contributed by atoms with Crippen molar-refractivity contribution < 1.29 is 14.3 Å². The van der Waals surface area contributed by atoms with Gasteiger partial charge in [0.25, 0.3) is 5.91 Å². The number of fused-ring (bicyclic) bond motifs is 1. The quantitative estimate of drug-likeness (QED) is 0.813. The summed E-state index contributed by atoms with van der Waals surface area (Å²) in [6.07, 6.45) is 0.623. The lowest BCUT2D eigenvalue weighted by Gasteiger charge is -2.14. The Labute approximate surface area is 129 Å². The summed E-state index contributed by atoms with van der Waals surface area (Å²) in [5.41, 5.74) is 2.86. The van der Waals surface area contributed by atoms with Crippen molar-refractivity contribution in [2.75, 3.05) is 20.7 Å². The van der Waals surface area contributed by atoms with E-state index in [1.54, 1.807) is 14.1 Å². The number of hydrogen-bond acceptors (Lipinski definition) is 4. The molecule has 0 aliphatic rings. The average Bonchev–Trinajstić information content (AvgIpc) is 2.51. The molecule has 5 nitrogen and oxygen atoms in total. The van der Waals surface area contributed by atoms with Gasteiger partial charge in [-0.25, -0.2) is 4.79 Å². The van der Waals surface area contributed by atoms with Crippen molar-refractivity contribution in [3.05, 3.63) is 41.1 Å². The van der Waals surface area contributed by atoms with E-state index < -0.39 is 5.97 Å². The molecule has 116 valence electrons. The molecule has 5 heteroatoms. The Morgan fingerprint density at radius 2 is 1.91 bits per heavy atom. The number of para-hydroxylation sites is 1. The maximum Gasteiger partial charge on any atom is 0.340 e. The lowest BCUT2D eigenvalue weighted by Crippen LogP contribution is -2.28. The van der Waals surface area contributed by atoms with Crippen molar-refractivity contribution in [3.63, 3.8) is 0 Å². The molecule has 0 bridgehead atoms. The number of rotatable bonds is 4. The molecule has 22 heavy (non-hydrogen) atoms. The molecular weight excluding hydrogens is 280 g/mol. The molecular formula is C17H20N2O3. The van der Waals surface area contributed by atoms with Crippen molar-refractivity contribution >= 4 is 22.8 Å². The Kier molecular flexibility index (Phi) is 4.75. The molecule has 1 amide bonds. The number of pyridine rings is 1. The third-order valence-corrected chi connectivity index (χ3v) is 3.59. The summed E-state index contributed by atoms with van der Waals surface area (Å²) >= 11 is 0. The molecule has 1 aromatic carbocycles. The summed E-state index contributed by atoms with van der Waals surface area (Å²) < 4.78 is 5.15. The first-order chi connectivity index (χ1) is 10.5. The maximum absolute atomic E-state index is 12.4. The van der Waals surface area contributed by atoms with Crippen LogP contribution in [0, 0.1) is 6.92 Å². The monoisotopic (exact) mass is 300 g/mol. The van der Waals surface area contributed by atoms with Gasteiger partial charge < -0.3 is 9.64 Å². The van der Waals surface area contributed by atoms with Gasteiger partial charge in [0.1, 0.15) is 0 Å². The molecule has 0 aliphatic heterocycles. The first-order valence-electron chi connectivity index (χ1n) is 7.21. The fourth-order valence-corrected chi connectivity index (χ4v) is 2.30. The normalized spacial score (nSPS) is 10.5. The zero-order valence-electron chi connectivity index (χ0n) is 13.3. The van der Waals surface area contributed by atoms with Gasteiger partial charge >= 0.3 is 5.97 Å². The topological polar surface area (TPSA) is 59.5 Å². The predicted molar refractivity (Wildman–Crippen MR) is 84.8 cm³/mol. The minimum absolute atomic E-state index is 0.252. The fraction of sp³-hybridized carbons (Fsp3) is 0.353. The molecule has 0 saturated carbocycles. The number of nitrogens with zero attached hydrogens (tertiary/aromatic N) is 2. The van der Waals surface area contributed by atoms with Crippen molar-refractivity contribution in [2.45, 2.75) is 20.3 Å². The highest BCUT2D eigenvalue weighted by molar-refractivity contribution is 5.99. The lowest BCUT2D eigenvalue weighted by atomic mass is 10.0. The van der Waals surface area contributed by atoms with Gasteiger partial charge in [-0.15, -0.1) is 0 Å². The van der Waals surface area contributed by atoms with Gasteiger partial charge in [0.2, 0.25) is 0 Å². The van der Waals surface area contributed by atoms with Crippen LogP contribution in [-0.4, -0.2) is 42.5 Å². The Morgan fingerprint density at radius 3 is 2.55 bits per heavy atom. The summed E-state index contributed by atoms with van der Waals surface area (Å²) in [4.78, 5) is 29.9. The Hall–Kier alpha value is -2.43. The standard InChI is InChI=1S/C17H20N2O3/c1-5-13-16(17(21)22-10-15(20)19(3)4)11(2)12-8-6-7-9-14(12)18-13/h6-9H,5,10H2,1-4H3. The Morgan fingerprint density at radius 1 is 1.23 bits per heavy atom. The van der Waals surface area contributed by atoms with Crippen molar-refractivity contribution in [3.8, 4) is 0 Å². The van der Waals surface area contributed by atoms with E-state index in [9.17, 15) is 9.59 Å². The first-order valence-corrected chi connectivity index (χ1v) is 7.21. The van der Waals surface area contributed by atoms with Crippen LogP contribution < -0.4 is 0 Å². The molecule has 0 aliphatic carbocycles. The molecule has 0 radical (unpaired) electrons. The first kappa shape index (κ1) is 15.9. The van der Waals surface area contributed by atoms with E-state index in [2.05, 4.69) is 4.98 Å². The van der Waals surface area contributed by atoms with Crippen molar-refractivity contribution in [1.29, 1.82) is 0 Å². The van der Waals surface area contributed by atoms with Crippen LogP contribution in [0.3, 0.4) is 0 Å². The summed E-state index contributed by atoms with van der Waals surface area (Å²) in [5.74, 6) is -0.749. The molecule has 0 N–H and O–H groups in total. The molecule has 0 atom stereocenters. The van der Waals surface area contributed by atoms with Crippen LogP contribution in [0.25, 0.3) is 10.9 Å². The van der Waals surface area contributed by atoms with Crippen LogP contribution in [-0.2, 0) is 16.0 Å². The number of benzene rings is 1. The Bertz CT molecular complexity index is 723. The van der Waals surface area contributed by atoms with E-state index in [0.29, 0.717) is 17.7 Å². The number of esters is 1. The highest BCUT2D eigenvalue weighted by Gasteiger charge is 2.20. The van der Waals surface area contributed by atoms with Crippen molar-refractivity contribution in [1.82, 2.24) is 9.88 Å². The SMILES string of the molecule is CCc1nc2ccccc2c(C)c1C(=O)OCC(=O)N(C)C. The number of amides is 1. The van der Waals surface area contributed by atoms with Gasteiger partial charge in [0, 0.05) is 19.5 Å². The highest BCUT2D eigenvalue weighted by atomic mass is 16.5. The lowest BCUT2D eigenvalue weighted by molar-refractivity contribution is -0.131. The van der Waals surface area contributed by atoms with E-state index in [1.165, 1.54) is 4.90 Å². The number of carbonyl (C=O) groups excluding carboxylic acids is 2. The van der Waals surface area contributed by atoms with E-state index in [0.717, 1.165) is 16.5 Å². The number of carbonyl (C=O) groups is 2. The number of aryl methyl sites for hydroxylation is 2. The largest absolute Gasteiger partial charge is 0.452 e. The van der Waals surface area contributed by atoms with E-state index in [-0.39, 0.29) is 12.5 Å². The molecule has 0 saturated heterocycles. The smallest absolute Gasteiger partial charge is 0.340 e. The second-order valence-electron chi connectivity index (χ2n) is 5.29. The van der Waals surface area contributed by atoms with Crippen LogP contribution in [0.4, 0.5) is 0 Å². The molecule has 1 heterocycles. The fourth-order valence-electron chi connectivity index (χ4n) is 2.30. The highest BCUT2D eigenvalue weighted by Crippen LogP contribution is 2.24. The van der Waals surface area contributed by atoms with Crippen LogP contribution in [0.2, 0.25) is 0 Å². The minimum Gasteiger partial charge on any atom is -0.452 e. The predicted octanol–water partition coefficient (Wildman–Crippen LogP) is 2.35. The maximum atomic E-state index is 12.4. The van der Waals surface area contributed by atoms with Gasteiger partial charge in [0.15, 0.2) is 6.61 Å². The second-order valence-corrected chi connectivity index (χ2v) is 5.29. The van der Waals surface area contributed by atoms with E-state index in [1.807, 2.05) is 38.1 Å². The molecule has 2 rings (SSSR count). The molecule has 0 spiro atoms. The van der Waals surface area contributed by atoms with Crippen molar-refractivity contribution in [2.24, 2.45) is 0 Å². The summed E-state index contributed by atoms with van der Waals surface area (Å²) in [7, 11) is 3.24. The van der Waals surface area contributed by atoms with Crippen LogP contribution >= 0.6 is 0 Å². The zero-order chi connectivity index (χ0) is 16.3. The molecule has 1 aromatic heterocycles. The third-order valence-electron chi connectivity index (χ3n) is 3.59. The van der Waals surface area contributed by atoms with Gasteiger partial charge in [0.05, 0.1) is 16.8 Å². The second kappa shape index (κ2) is 6.56. The average molecular weight is 300 g/mol. The third kappa shape index (κ3) is 3.08. The van der Waals surface area contributed by atoms with E-state index >= 15 is 0 Å².